The van der Waals surface area contributed by atoms with Gasteiger partial charge in [-0.2, -0.15) is 0 Å². The van der Waals surface area contributed by atoms with Gasteiger partial charge in [-0.3, -0.25) is 9.59 Å². The number of allylic oxidation sites excluding steroid dienone is 1. The van der Waals surface area contributed by atoms with E-state index in [0.717, 1.165) is 5.56 Å². The number of benzene rings is 1. The van der Waals surface area contributed by atoms with Crippen LogP contribution >= 0.6 is 0 Å². The van der Waals surface area contributed by atoms with E-state index in [0.29, 0.717) is 12.0 Å². The molecule has 0 spiro atoms. The zero-order valence-electron chi connectivity index (χ0n) is 9.80. The number of primary amides is 2. The molecule has 0 fully saturated rings. The molecule has 1 aliphatic carbocycles. The summed E-state index contributed by atoms with van der Waals surface area (Å²) in [6, 6.07) is 9.74. The van der Waals surface area contributed by atoms with E-state index in [1.807, 2.05) is 36.4 Å². The van der Waals surface area contributed by atoms with Crippen LogP contribution < -0.4 is 11.5 Å². The largest absolute Gasteiger partial charge is 0.366 e. The minimum absolute atomic E-state index is 0.0526. The average molecular weight is 242 g/mol. The molecule has 4 nitrogen and oxygen atoms in total. The van der Waals surface area contributed by atoms with Crippen molar-refractivity contribution in [1.29, 1.82) is 0 Å². The lowest BCUT2D eigenvalue weighted by atomic mass is 9.84. The Morgan fingerprint density at radius 1 is 1.06 bits per heavy atom. The van der Waals surface area contributed by atoms with E-state index < -0.39 is 11.8 Å². The normalized spacial score (nSPS) is 18.8. The van der Waals surface area contributed by atoms with E-state index in [2.05, 4.69) is 0 Å². The summed E-state index contributed by atoms with van der Waals surface area (Å²) in [5.41, 5.74) is 12.1. The smallest absolute Gasteiger partial charge is 0.249 e. The van der Waals surface area contributed by atoms with Crippen molar-refractivity contribution >= 4 is 11.8 Å². The lowest BCUT2D eigenvalue weighted by Gasteiger charge is -2.20. The van der Waals surface area contributed by atoms with Crippen LogP contribution in [0.4, 0.5) is 0 Å². The van der Waals surface area contributed by atoms with Crippen LogP contribution in [0.25, 0.3) is 0 Å². The molecule has 0 bridgehead atoms. The Labute approximate surface area is 105 Å². The van der Waals surface area contributed by atoms with Gasteiger partial charge >= 0.3 is 0 Å². The van der Waals surface area contributed by atoms with Gasteiger partial charge in [0.2, 0.25) is 11.8 Å². The fourth-order valence-corrected chi connectivity index (χ4v) is 2.10. The molecule has 4 heteroatoms. The number of carbonyl (C=O) groups excluding carboxylic acids is 2. The Morgan fingerprint density at radius 2 is 1.72 bits per heavy atom. The molecule has 0 saturated carbocycles. The van der Waals surface area contributed by atoms with Crippen molar-refractivity contribution in [3.63, 3.8) is 0 Å². The van der Waals surface area contributed by atoms with Gasteiger partial charge in [0, 0.05) is 17.1 Å². The molecular weight excluding hydrogens is 228 g/mol. The summed E-state index contributed by atoms with van der Waals surface area (Å²) < 4.78 is 0. The second-order valence-electron chi connectivity index (χ2n) is 4.20. The Morgan fingerprint density at radius 3 is 2.28 bits per heavy atom. The highest BCUT2D eigenvalue weighted by Gasteiger charge is 2.23. The molecule has 1 atom stereocenters. The Balaban J connectivity index is 2.33. The van der Waals surface area contributed by atoms with Crippen LogP contribution in [0.1, 0.15) is 17.9 Å². The molecule has 1 aliphatic rings. The van der Waals surface area contributed by atoms with Crippen LogP contribution in [-0.4, -0.2) is 11.8 Å². The first-order chi connectivity index (χ1) is 8.59. The lowest BCUT2D eigenvalue weighted by molar-refractivity contribution is -0.117. The van der Waals surface area contributed by atoms with Crippen LogP contribution in [0.3, 0.4) is 0 Å². The number of hydrogen-bond acceptors (Lipinski definition) is 2. The van der Waals surface area contributed by atoms with Crippen LogP contribution in [0.2, 0.25) is 0 Å². The first-order valence-corrected chi connectivity index (χ1v) is 5.65. The maximum Gasteiger partial charge on any atom is 0.249 e. The fourth-order valence-electron chi connectivity index (χ4n) is 2.10. The van der Waals surface area contributed by atoms with E-state index in [1.165, 1.54) is 0 Å². The number of hydrogen-bond donors (Lipinski definition) is 2. The molecule has 4 N–H and O–H groups in total. The molecule has 2 amide bonds. The van der Waals surface area contributed by atoms with Crippen LogP contribution in [0, 0.1) is 0 Å². The third kappa shape index (κ3) is 2.32. The zero-order valence-corrected chi connectivity index (χ0v) is 9.80. The van der Waals surface area contributed by atoms with Crippen molar-refractivity contribution in [2.45, 2.75) is 12.3 Å². The Kier molecular flexibility index (Phi) is 3.28. The van der Waals surface area contributed by atoms with Gasteiger partial charge in [0.05, 0.1) is 0 Å². The van der Waals surface area contributed by atoms with Crippen molar-refractivity contribution in [1.82, 2.24) is 0 Å². The summed E-state index contributed by atoms with van der Waals surface area (Å²) >= 11 is 0. The summed E-state index contributed by atoms with van der Waals surface area (Å²) in [5.74, 6) is -1.16. The monoisotopic (exact) mass is 242 g/mol. The van der Waals surface area contributed by atoms with Gasteiger partial charge in [-0.1, -0.05) is 42.5 Å². The number of nitrogens with two attached hydrogens (primary N) is 2. The van der Waals surface area contributed by atoms with Crippen LogP contribution in [0.5, 0.6) is 0 Å². The minimum Gasteiger partial charge on any atom is -0.366 e. The topological polar surface area (TPSA) is 86.2 Å². The van der Waals surface area contributed by atoms with Crippen molar-refractivity contribution in [3.8, 4) is 0 Å². The number of amides is 2. The maximum absolute atomic E-state index is 11.4. The zero-order chi connectivity index (χ0) is 13.1. The molecule has 1 aromatic rings. The molecule has 0 aromatic heterocycles. The van der Waals surface area contributed by atoms with Crippen molar-refractivity contribution in [2.75, 3.05) is 0 Å². The van der Waals surface area contributed by atoms with Gasteiger partial charge in [-0.05, 0) is 12.0 Å². The Hall–Kier alpha value is -2.36. The molecule has 0 heterocycles. The molecule has 2 rings (SSSR count). The molecule has 92 valence electrons. The van der Waals surface area contributed by atoms with Gasteiger partial charge in [-0.25, -0.2) is 0 Å². The quantitative estimate of drug-likeness (QED) is 0.828. The fraction of sp³-hybridized carbons (Fsp3) is 0.143. The van der Waals surface area contributed by atoms with E-state index in [4.69, 9.17) is 11.5 Å². The highest BCUT2D eigenvalue weighted by atomic mass is 16.2. The second kappa shape index (κ2) is 4.87. The third-order valence-corrected chi connectivity index (χ3v) is 3.03. The van der Waals surface area contributed by atoms with Gasteiger partial charge in [-0.15, -0.1) is 0 Å². The molecule has 0 aliphatic heterocycles. The molecule has 18 heavy (non-hydrogen) atoms. The van der Waals surface area contributed by atoms with Gasteiger partial charge in [0.15, 0.2) is 0 Å². The lowest BCUT2D eigenvalue weighted by Crippen LogP contribution is -2.25. The predicted octanol–water partition coefficient (Wildman–Crippen LogP) is 0.997. The van der Waals surface area contributed by atoms with Crippen molar-refractivity contribution in [3.05, 3.63) is 59.2 Å². The third-order valence-electron chi connectivity index (χ3n) is 3.03. The van der Waals surface area contributed by atoms with Gasteiger partial charge in [0.25, 0.3) is 0 Å². The van der Waals surface area contributed by atoms with E-state index in [-0.39, 0.29) is 11.5 Å². The van der Waals surface area contributed by atoms with Crippen molar-refractivity contribution < 1.29 is 9.59 Å². The summed E-state index contributed by atoms with van der Waals surface area (Å²) in [6.07, 6.45) is 3.87. The summed E-state index contributed by atoms with van der Waals surface area (Å²) in [5, 5.41) is 0. The average Bonchev–Trinajstić information content (AvgIpc) is 2.39. The molecule has 0 radical (unpaired) electrons. The van der Waals surface area contributed by atoms with Gasteiger partial charge in [0.1, 0.15) is 0 Å². The molecule has 1 aromatic carbocycles. The standard InChI is InChI=1S/C14H14N2O2/c15-13(17)11-7-6-10(8-12(11)14(16)18)9-4-2-1-3-5-9/h1-7,10H,8H2,(H2,15,17)(H2,16,18). The highest BCUT2D eigenvalue weighted by molar-refractivity contribution is 6.05. The van der Waals surface area contributed by atoms with Gasteiger partial charge < -0.3 is 11.5 Å². The first-order valence-electron chi connectivity index (χ1n) is 5.65. The molecule has 1 unspecified atom stereocenters. The van der Waals surface area contributed by atoms with E-state index >= 15 is 0 Å². The number of rotatable bonds is 3. The van der Waals surface area contributed by atoms with Crippen LogP contribution in [-0.2, 0) is 9.59 Å². The van der Waals surface area contributed by atoms with Crippen LogP contribution in [0.15, 0.2) is 53.6 Å². The molecule has 0 saturated heterocycles. The predicted molar refractivity (Wildman–Crippen MR) is 68.4 cm³/mol. The van der Waals surface area contributed by atoms with E-state index in [1.54, 1.807) is 6.08 Å². The summed E-state index contributed by atoms with van der Waals surface area (Å²) in [7, 11) is 0. The first kappa shape index (κ1) is 12.1. The Bertz CT molecular complexity index is 544. The SMILES string of the molecule is NC(=O)C1=C(C(N)=O)CC(c2ccccc2)C=C1. The minimum atomic E-state index is -0.619. The maximum atomic E-state index is 11.4. The summed E-state index contributed by atoms with van der Waals surface area (Å²) in [6.45, 7) is 0. The van der Waals surface area contributed by atoms with E-state index in [9.17, 15) is 9.59 Å². The van der Waals surface area contributed by atoms with Crippen molar-refractivity contribution in [2.24, 2.45) is 11.5 Å². The number of carbonyl (C=O) groups is 2. The molecular formula is C14H14N2O2. The second-order valence-corrected chi connectivity index (χ2v) is 4.20. The summed E-state index contributed by atoms with van der Waals surface area (Å²) in [4.78, 5) is 22.6. The highest BCUT2D eigenvalue weighted by Crippen LogP contribution is 2.31.